The van der Waals surface area contributed by atoms with Crippen molar-refractivity contribution in [2.75, 3.05) is 7.05 Å². The molecule has 2 unspecified atom stereocenters. The number of hydrogen-bond donors (Lipinski definition) is 2. The largest absolute Gasteiger partial charge is 0.409 e. The van der Waals surface area contributed by atoms with Crippen molar-refractivity contribution in [1.82, 2.24) is 4.90 Å². The van der Waals surface area contributed by atoms with Crippen molar-refractivity contribution in [3.8, 4) is 0 Å². The van der Waals surface area contributed by atoms with E-state index < -0.39 is 12.0 Å². The molecular weight excluding hydrogens is 273 g/mol. The van der Waals surface area contributed by atoms with Gasteiger partial charge in [0.05, 0.1) is 6.04 Å². The number of carbonyl (C=O) groups excluding carboxylic acids is 1. The van der Waals surface area contributed by atoms with Gasteiger partial charge in [0.25, 0.3) is 0 Å². The minimum atomic E-state index is -0.741. The Bertz CT molecular complexity index is 531. The first-order chi connectivity index (χ1) is 9.81. The molecular formula is C15H22FN3O2. The van der Waals surface area contributed by atoms with Gasteiger partial charge in [0.15, 0.2) is 5.84 Å². The van der Waals surface area contributed by atoms with Crippen LogP contribution in [-0.4, -0.2) is 28.9 Å². The first kappa shape index (κ1) is 16.9. The maximum Gasteiger partial charge on any atom is 0.233 e. The lowest BCUT2D eigenvalue weighted by molar-refractivity contribution is -0.135. The molecule has 1 aromatic rings. The molecule has 0 aliphatic heterocycles. The van der Waals surface area contributed by atoms with Gasteiger partial charge in [-0.15, -0.1) is 0 Å². The second kappa shape index (κ2) is 7.06. The number of benzene rings is 1. The number of amides is 1. The van der Waals surface area contributed by atoms with E-state index in [1.807, 2.05) is 13.8 Å². The summed E-state index contributed by atoms with van der Waals surface area (Å²) in [6.07, 6.45) is 0. The highest BCUT2D eigenvalue weighted by molar-refractivity contribution is 6.02. The number of hydrogen-bond acceptors (Lipinski definition) is 3. The van der Waals surface area contributed by atoms with Crippen LogP contribution in [0.25, 0.3) is 0 Å². The van der Waals surface area contributed by atoms with Crippen molar-refractivity contribution in [3.63, 3.8) is 0 Å². The molecule has 1 rings (SSSR count). The van der Waals surface area contributed by atoms with Crippen molar-refractivity contribution >= 4 is 11.7 Å². The second-order valence-corrected chi connectivity index (χ2v) is 5.39. The van der Waals surface area contributed by atoms with Crippen LogP contribution in [0.15, 0.2) is 29.4 Å². The van der Waals surface area contributed by atoms with Crippen LogP contribution in [0.5, 0.6) is 0 Å². The molecule has 0 aliphatic carbocycles. The molecule has 21 heavy (non-hydrogen) atoms. The Balaban J connectivity index is 3.03. The van der Waals surface area contributed by atoms with E-state index in [9.17, 15) is 9.18 Å². The Hall–Kier alpha value is -2.11. The first-order valence-corrected chi connectivity index (χ1v) is 6.79. The Morgan fingerprint density at radius 3 is 2.38 bits per heavy atom. The zero-order chi connectivity index (χ0) is 16.2. The molecule has 0 heterocycles. The fourth-order valence-electron chi connectivity index (χ4n) is 2.25. The number of nitrogens with zero attached hydrogens (tertiary/aromatic N) is 2. The quantitative estimate of drug-likeness (QED) is 0.379. The minimum absolute atomic E-state index is 0.135. The van der Waals surface area contributed by atoms with E-state index in [1.54, 1.807) is 32.2 Å². The number of carbonyl (C=O) groups is 1. The van der Waals surface area contributed by atoms with Gasteiger partial charge in [-0.25, -0.2) is 4.39 Å². The van der Waals surface area contributed by atoms with E-state index in [-0.39, 0.29) is 23.5 Å². The number of rotatable bonds is 5. The van der Waals surface area contributed by atoms with E-state index in [2.05, 4.69) is 5.16 Å². The van der Waals surface area contributed by atoms with Crippen LogP contribution < -0.4 is 5.73 Å². The molecule has 0 spiro atoms. The summed E-state index contributed by atoms with van der Waals surface area (Å²) >= 11 is 0. The first-order valence-electron chi connectivity index (χ1n) is 6.79. The van der Waals surface area contributed by atoms with Gasteiger partial charge in [-0.2, -0.15) is 0 Å². The van der Waals surface area contributed by atoms with Gasteiger partial charge < -0.3 is 15.8 Å². The molecule has 3 N–H and O–H groups in total. The van der Waals surface area contributed by atoms with Crippen LogP contribution >= 0.6 is 0 Å². The average molecular weight is 295 g/mol. The molecule has 116 valence electrons. The molecule has 1 amide bonds. The topological polar surface area (TPSA) is 78.9 Å². The van der Waals surface area contributed by atoms with Gasteiger partial charge in [-0.3, -0.25) is 4.79 Å². The third-order valence-corrected chi connectivity index (χ3v) is 3.65. The lowest BCUT2D eigenvalue weighted by atomic mass is 9.92. The van der Waals surface area contributed by atoms with Crippen molar-refractivity contribution < 1.29 is 14.4 Å². The fourth-order valence-corrected chi connectivity index (χ4v) is 2.25. The molecule has 6 heteroatoms. The van der Waals surface area contributed by atoms with Gasteiger partial charge in [-0.05, 0) is 18.9 Å². The molecule has 0 aliphatic rings. The minimum Gasteiger partial charge on any atom is -0.409 e. The van der Waals surface area contributed by atoms with Crippen LogP contribution in [-0.2, 0) is 4.79 Å². The molecule has 0 saturated heterocycles. The monoisotopic (exact) mass is 295 g/mol. The Kier molecular flexibility index (Phi) is 5.69. The van der Waals surface area contributed by atoms with Gasteiger partial charge >= 0.3 is 0 Å². The van der Waals surface area contributed by atoms with Gasteiger partial charge in [0.2, 0.25) is 5.91 Å². The molecule has 5 nitrogen and oxygen atoms in total. The highest BCUT2D eigenvalue weighted by atomic mass is 19.1. The maximum atomic E-state index is 13.8. The van der Waals surface area contributed by atoms with E-state index in [1.165, 1.54) is 11.0 Å². The number of nitrogens with two attached hydrogens (primary N) is 1. The highest BCUT2D eigenvalue weighted by Crippen LogP contribution is 2.25. The van der Waals surface area contributed by atoms with Crippen LogP contribution in [0.4, 0.5) is 4.39 Å². The normalized spacial score (nSPS) is 14.9. The van der Waals surface area contributed by atoms with Crippen LogP contribution in [0.2, 0.25) is 0 Å². The number of amidine groups is 1. The molecule has 2 atom stereocenters. The summed E-state index contributed by atoms with van der Waals surface area (Å²) in [6, 6.07) is 5.86. The molecule has 0 fully saturated rings. The van der Waals surface area contributed by atoms with Gasteiger partial charge in [0, 0.05) is 12.6 Å². The third kappa shape index (κ3) is 3.71. The van der Waals surface area contributed by atoms with Crippen molar-refractivity contribution in [3.05, 3.63) is 35.6 Å². The maximum absolute atomic E-state index is 13.8. The predicted octanol–water partition coefficient (Wildman–Crippen LogP) is 2.36. The van der Waals surface area contributed by atoms with Crippen LogP contribution in [0.3, 0.4) is 0 Å². The van der Waals surface area contributed by atoms with Crippen molar-refractivity contribution in [2.24, 2.45) is 22.7 Å². The summed E-state index contributed by atoms with van der Waals surface area (Å²) in [6.45, 7) is 5.35. The van der Waals surface area contributed by atoms with E-state index in [0.29, 0.717) is 5.56 Å². The van der Waals surface area contributed by atoms with E-state index in [4.69, 9.17) is 10.9 Å². The summed E-state index contributed by atoms with van der Waals surface area (Å²) in [5.41, 5.74) is 6.03. The van der Waals surface area contributed by atoms with Crippen LogP contribution in [0, 0.1) is 17.7 Å². The van der Waals surface area contributed by atoms with E-state index in [0.717, 1.165) is 0 Å². The summed E-state index contributed by atoms with van der Waals surface area (Å²) in [5.74, 6) is -1.69. The molecule has 0 saturated carbocycles. The van der Waals surface area contributed by atoms with Crippen LogP contribution in [0.1, 0.15) is 32.4 Å². The SMILES string of the molecule is CC(C)C(C(=O)N(C)C(C)c1ccccc1F)C(N)=NO. The summed E-state index contributed by atoms with van der Waals surface area (Å²) in [7, 11) is 1.58. The third-order valence-electron chi connectivity index (χ3n) is 3.65. The Labute approximate surface area is 124 Å². The second-order valence-electron chi connectivity index (χ2n) is 5.39. The lowest BCUT2D eigenvalue weighted by Crippen LogP contribution is -2.43. The number of oxime groups is 1. The molecule has 0 bridgehead atoms. The predicted molar refractivity (Wildman–Crippen MR) is 79.3 cm³/mol. The molecule has 0 radical (unpaired) electrons. The Morgan fingerprint density at radius 2 is 1.90 bits per heavy atom. The standard InChI is InChI=1S/C15H22FN3O2/c1-9(2)13(14(17)18-21)15(20)19(4)10(3)11-7-5-6-8-12(11)16/h5-10,13,21H,1-4H3,(H2,17,18). The van der Waals surface area contributed by atoms with Crippen molar-refractivity contribution in [1.29, 1.82) is 0 Å². The van der Waals surface area contributed by atoms with Gasteiger partial charge in [-0.1, -0.05) is 37.2 Å². The summed E-state index contributed by atoms with van der Waals surface area (Å²) in [4.78, 5) is 14.0. The average Bonchev–Trinajstić information content (AvgIpc) is 2.45. The van der Waals surface area contributed by atoms with E-state index >= 15 is 0 Å². The summed E-state index contributed by atoms with van der Waals surface area (Å²) in [5, 5.41) is 11.8. The highest BCUT2D eigenvalue weighted by Gasteiger charge is 2.32. The number of halogens is 1. The van der Waals surface area contributed by atoms with Gasteiger partial charge in [0.1, 0.15) is 11.7 Å². The molecule has 0 aromatic heterocycles. The summed E-state index contributed by atoms with van der Waals surface area (Å²) < 4.78 is 13.8. The smallest absolute Gasteiger partial charge is 0.233 e. The zero-order valence-corrected chi connectivity index (χ0v) is 12.7. The lowest BCUT2D eigenvalue weighted by Gasteiger charge is -2.30. The zero-order valence-electron chi connectivity index (χ0n) is 12.7. The fraction of sp³-hybridized carbons (Fsp3) is 0.467. The molecule has 1 aromatic carbocycles. The Morgan fingerprint density at radius 1 is 1.33 bits per heavy atom. The van der Waals surface area contributed by atoms with Crippen molar-refractivity contribution in [2.45, 2.75) is 26.8 Å².